The fourth-order valence-electron chi connectivity index (χ4n) is 1.81. The summed E-state index contributed by atoms with van der Waals surface area (Å²) in [6, 6.07) is 4.10. The number of fused-ring (bicyclic) bond motifs is 1. The molecule has 0 saturated carbocycles. The SMILES string of the molecule is Cc1c(CNC(C)(C)C)oc2c(Br)cc(Br)cc12. The Balaban J connectivity index is 2.41. The molecule has 0 aliphatic rings. The van der Waals surface area contributed by atoms with Crippen molar-refractivity contribution in [1.82, 2.24) is 5.32 Å². The van der Waals surface area contributed by atoms with E-state index in [0.717, 1.165) is 32.2 Å². The molecular weight excluding hydrogens is 358 g/mol. The zero-order valence-corrected chi connectivity index (χ0v) is 14.2. The topological polar surface area (TPSA) is 25.2 Å². The van der Waals surface area contributed by atoms with Gasteiger partial charge in [0.15, 0.2) is 0 Å². The van der Waals surface area contributed by atoms with Crippen molar-refractivity contribution in [1.29, 1.82) is 0 Å². The highest BCUT2D eigenvalue weighted by Crippen LogP contribution is 2.34. The number of hydrogen-bond acceptors (Lipinski definition) is 2. The van der Waals surface area contributed by atoms with E-state index in [-0.39, 0.29) is 5.54 Å². The summed E-state index contributed by atoms with van der Waals surface area (Å²) in [5, 5.41) is 4.61. The monoisotopic (exact) mass is 373 g/mol. The molecule has 0 aliphatic carbocycles. The number of nitrogens with one attached hydrogen (secondary N) is 1. The second-order valence-electron chi connectivity index (χ2n) is 5.52. The van der Waals surface area contributed by atoms with Crippen LogP contribution in [0.15, 0.2) is 25.5 Å². The van der Waals surface area contributed by atoms with Crippen molar-refractivity contribution in [3.63, 3.8) is 0 Å². The Labute approximate surface area is 124 Å². The maximum absolute atomic E-state index is 5.95. The van der Waals surface area contributed by atoms with Crippen LogP contribution in [0, 0.1) is 6.92 Å². The molecule has 0 bridgehead atoms. The van der Waals surface area contributed by atoms with E-state index in [1.54, 1.807) is 0 Å². The lowest BCUT2D eigenvalue weighted by molar-refractivity contribution is 0.394. The van der Waals surface area contributed by atoms with E-state index >= 15 is 0 Å². The van der Waals surface area contributed by atoms with Crippen molar-refractivity contribution in [3.05, 3.63) is 32.4 Å². The van der Waals surface area contributed by atoms with Crippen LogP contribution in [0.25, 0.3) is 11.0 Å². The van der Waals surface area contributed by atoms with Crippen molar-refractivity contribution in [2.45, 2.75) is 39.8 Å². The van der Waals surface area contributed by atoms with Crippen LogP contribution >= 0.6 is 31.9 Å². The molecule has 4 heteroatoms. The molecule has 0 spiro atoms. The zero-order chi connectivity index (χ0) is 13.5. The van der Waals surface area contributed by atoms with Crippen LogP contribution in [0.1, 0.15) is 32.1 Å². The van der Waals surface area contributed by atoms with Gasteiger partial charge >= 0.3 is 0 Å². The first-order chi connectivity index (χ1) is 8.28. The number of hydrogen-bond donors (Lipinski definition) is 1. The normalized spacial score (nSPS) is 12.3. The van der Waals surface area contributed by atoms with E-state index in [9.17, 15) is 0 Å². The van der Waals surface area contributed by atoms with Crippen LogP contribution in [0.4, 0.5) is 0 Å². The number of aryl methyl sites for hydroxylation is 1. The molecule has 1 heterocycles. The van der Waals surface area contributed by atoms with Gasteiger partial charge in [0.05, 0.1) is 11.0 Å². The summed E-state index contributed by atoms with van der Waals surface area (Å²) in [4.78, 5) is 0. The predicted molar refractivity (Wildman–Crippen MR) is 82.9 cm³/mol. The zero-order valence-electron chi connectivity index (χ0n) is 11.0. The molecule has 0 amide bonds. The van der Waals surface area contributed by atoms with Gasteiger partial charge in [-0.3, -0.25) is 0 Å². The fraction of sp³-hybridized carbons (Fsp3) is 0.429. The molecule has 1 aromatic heterocycles. The molecule has 1 aromatic carbocycles. The largest absolute Gasteiger partial charge is 0.458 e. The average molecular weight is 375 g/mol. The van der Waals surface area contributed by atoms with Crippen LogP contribution in [0.3, 0.4) is 0 Å². The first-order valence-electron chi connectivity index (χ1n) is 5.90. The molecule has 1 N–H and O–H groups in total. The Morgan fingerprint density at radius 1 is 1.22 bits per heavy atom. The second kappa shape index (κ2) is 4.99. The van der Waals surface area contributed by atoms with E-state index in [1.807, 2.05) is 6.07 Å². The summed E-state index contributed by atoms with van der Waals surface area (Å²) in [7, 11) is 0. The summed E-state index contributed by atoms with van der Waals surface area (Å²) in [6.07, 6.45) is 0. The van der Waals surface area contributed by atoms with Crippen molar-refractivity contribution in [2.24, 2.45) is 0 Å². The predicted octanol–water partition coefficient (Wildman–Crippen LogP) is 5.15. The summed E-state index contributed by atoms with van der Waals surface area (Å²) in [5.74, 6) is 0.999. The summed E-state index contributed by atoms with van der Waals surface area (Å²) >= 11 is 7.05. The van der Waals surface area contributed by atoms with Crippen molar-refractivity contribution >= 4 is 42.8 Å². The van der Waals surface area contributed by atoms with Crippen LogP contribution in [-0.4, -0.2) is 5.54 Å². The minimum absolute atomic E-state index is 0.0865. The summed E-state index contributed by atoms with van der Waals surface area (Å²) in [5.41, 5.74) is 2.20. The van der Waals surface area contributed by atoms with Gasteiger partial charge < -0.3 is 9.73 Å². The van der Waals surface area contributed by atoms with E-state index in [4.69, 9.17) is 4.42 Å². The van der Waals surface area contributed by atoms with Crippen molar-refractivity contribution in [3.8, 4) is 0 Å². The molecule has 0 atom stereocenters. The highest BCUT2D eigenvalue weighted by Gasteiger charge is 2.16. The third-order valence-corrected chi connectivity index (χ3v) is 3.88. The molecular formula is C14H17Br2NO. The number of benzene rings is 1. The second-order valence-corrected chi connectivity index (χ2v) is 7.29. The number of furan rings is 1. The highest BCUT2D eigenvalue weighted by atomic mass is 79.9. The van der Waals surface area contributed by atoms with E-state index in [0.29, 0.717) is 0 Å². The Kier molecular flexibility index (Phi) is 3.90. The van der Waals surface area contributed by atoms with Gasteiger partial charge in [0.1, 0.15) is 11.3 Å². The maximum atomic E-state index is 5.95. The van der Waals surface area contributed by atoms with Gasteiger partial charge in [-0.25, -0.2) is 0 Å². The Morgan fingerprint density at radius 2 is 1.89 bits per heavy atom. The molecule has 2 nitrogen and oxygen atoms in total. The molecule has 18 heavy (non-hydrogen) atoms. The van der Waals surface area contributed by atoms with Crippen molar-refractivity contribution < 1.29 is 4.42 Å². The smallest absolute Gasteiger partial charge is 0.148 e. The van der Waals surface area contributed by atoms with Crippen LogP contribution < -0.4 is 5.32 Å². The number of halogens is 2. The summed E-state index contributed by atoms with van der Waals surface area (Å²) in [6.45, 7) is 9.30. The Hall–Kier alpha value is -0.320. The molecule has 0 fully saturated rings. The van der Waals surface area contributed by atoms with Gasteiger partial charge in [-0.05, 0) is 61.3 Å². The first kappa shape index (κ1) is 14.1. The third kappa shape index (κ3) is 2.98. The lowest BCUT2D eigenvalue weighted by Crippen LogP contribution is -2.35. The quantitative estimate of drug-likeness (QED) is 0.785. The molecule has 0 unspecified atom stereocenters. The molecule has 2 rings (SSSR count). The van der Waals surface area contributed by atoms with Gasteiger partial charge in [0.2, 0.25) is 0 Å². The lowest BCUT2D eigenvalue weighted by atomic mass is 10.1. The standard InChI is InChI=1S/C14H17Br2NO/c1-8-10-5-9(15)6-11(16)13(10)18-12(8)7-17-14(2,3)4/h5-6,17H,7H2,1-4H3. The third-order valence-electron chi connectivity index (χ3n) is 2.84. The average Bonchev–Trinajstić information content (AvgIpc) is 2.53. The van der Waals surface area contributed by atoms with Gasteiger partial charge in [-0.1, -0.05) is 15.9 Å². The highest BCUT2D eigenvalue weighted by molar-refractivity contribution is 9.11. The minimum atomic E-state index is 0.0865. The first-order valence-corrected chi connectivity index (χ1v) is 7.48. The molecule has 0 saturated heterocycles. The van der Waals surface area contributed by atoms with Gasteiger partial charge in [0, 0.05) is 15.4 Å². The van der Waals surface area contributed by atoms with Crippen molar-refractivity contribution in [2.75, 3.05) is 0 Å². The Morgan fingerprint density at radius 3 is 2.50 bits per heavy atom. The van der Waals surface area contributed by atoms with Crippen LogP contribution in [0.5, 0.6) is 0 Å². The van der Waals surface area contributed by atoms with E-state index in [1.165, 1.54) is 5.56 Å². The van der Waals surface area contributed by atoms with E-state index in [2.05, 4.69) is 70.9 Å². The van der Waals surface area contributed by atoms with Gasteiger partial charge in [0.25, 0.3) is 0 Å². The molecule has 98 valence electrons. The Bertz CT molecular complexity index is 581. The summed E-state index contributed by atoms with van der Waals surface area (Å²) < 4.78 is 7.99. The van der Waals surface area contributed by atoms with Gasteiger partial charge in [-0.15, -0.1) is 0 Å². The molecule has 2 aromatic rings. The molecule has 0 aliphatic heterocycles. The molecule has 0 radical (unpaired) electrons. The van der Waals surface area contributed by atoms with E-state index < -0.39 is 0 Å². The lowest BCUT2D eigenvalue weighted by Gasteiger charge is -2.19. The van der Waals surface area contributed by atoms with Crippen LogP contribution in [-0.2, 0) is 6.54 Å². The van der Waals surface area contributed by atoms with Crippen LogP contribution in [0.2, 0.25) is 0 Å². The minimum Gasteiger partial charge on any atom is -0.458 e. The fourth-order valence-corrected chi connectivity index (χ4v) is 3.11. The number of rotatable bonds is 2. The van der Waals surface area contributed by atoms with Gasteiger partial charge in [-0.2, -0.15) is 0 Å². The maximum Gasteiger partial charge on any atom is 0.148 e.